The van der Waals surface area contributed by atoms with Crippen LogP contribution in [0.25, 0.3) is 72.1 Å². The van der Waals surface area contributed by atoms with E-state index in [0.717, 1.165) is 61.5 Å². The molecule has 1 aromatic heterocycles. The minimum Gasteiger partial charge on any atom is -0.238 e. The molecule has 57 heavy (non-hydrogen) atoms. The molecule has 0 spiro atoms. The summed E-state index contributed by atoms with van der Waals surface area (Å²) in [6.07, 6.45) is 0. The first kappa shape index (κ1) is 33.9. The van der Waals surface area contributed by atoms with Crippen LogP contribution in [0.1, 0.15) is 22.3 Å². The lowest BCUT2D eigenvalue weighted by atomic mass is 9.67. The van der Waals surface area contributed by atoms with Crippen LogP contribution in [0.4, 0.5) is 5.69 Å². The molecule has 1 aliphatic carbocycles. The lowest BCUT2D eigenvalue weighted by Gasteiger charge is -2.34. The number of nitrogens with zero attached hydrogens (tertiary/aromatic N) is 3. The van der Waals surface area contributed by atoms with Crippen molar-refractivity contribution >= 4 is 5.69 Å². The van der Waals surface area contributed by atoms with Crippen molar-refractivity contribution in [1.29, 1.82) is 0 Å². The Bertz CT molecular complexity index is 2890. The molecule has 0 N–H and O–H groups in total. The molecular weight excluding hydrogens is 691 g/mol. The molecule has 1 heterocycles. The SMILES string of the molecule is [C-]#[N+]c1cccc2c1-c1ccc(-c3cccc(-c4cc(-c5ccc(-c6ccccc6)cc5)nc(-c5ccccc5)n4)c3)cc1C2(c1ccccc1)c1ccccc1. The van der Waals surface area contributed by atoms with Crippen LogP contribution in [0.2, 0.25) is 0 Å². The second kappa shape index (κ2) is 14.2. The van der Waals surface area contributed by atoms with Gasteiger partial charge in [-0.2, -0.15) is 0 Å². The Morgan fingerprint density at radius 1 is 0.368 bits per heavy atom. The molecule has 0 aliphatic heterocycles. The van der Waals surface area contributed by atoms with Gasteiger partial charge in [0.25, 0.3) is 0 Å². The number of hydrogen-bond donors (Lipinski definition) is 0. The predicted molar refractivity (Wildman–Crippen MR) is 233 cm³/mol. The standard InChI is InChI=1S/C54H35N3/c1-55-49-27-15-26-47-52(49)46-33-32-42(35-48(46)54(47,44-22-10-4-11-23-44)45-24-12-5-13-25-45)41-20-14-21-43(34-41)51-36-50(56-53(57-51)40-18-8-3-9-19-40)39-30-28-38(29-31-39)37-16-6-2-7-17-37/h2-36H. The quantitative estimate of drug-likeness (QED) is 0.153. The molecule has 3 heteroatoms. The first-order valence-electron chi connectivity index (χ1n) is 19.2. The van der Waals surface area contributed by atoms with Crippen LogP contribution in [-0.4, -0.2) is 9.97 Å². The van der Waals surface area contributed by atoms with E-state index in [1.165, 1.54) is 22.3 Å². The molecule has 0 bridgehead atoms. The summed E-state index contributed by atoms with van der Waals surface area (Å²) in [4.78, 5) is 14.3. The van der Waals surface area contributed by atoms with Gasteiger partial charge in [0.2, 0.25) is 0 Å². The van der Waals surface area contributed by atoms with Gasteiger partial charge in [-0.3, -0.25) is 0 Å². The van der Waals surface area contributed by atoms with Gasteiger partial charge in [0, 0.05) is 16.7 Å². The zero-order valence-electron chi connectivity index (χ0n) is 31.0. The highest BCUT2D eigenvalue weighted by atomic mass is 14.9. The summed E-state index contributed by atoms with van der Waals surface area (Å²) in [7, 11) is 0. The number of benzene rings is 8. The molecule has 1 aliphatic rings. The van der Waals surface area contributed by atoms with E-state index >= 15 is 0 Å². The Kier molecular flexibility index (Phi) is 8.43. The number of fused-ring (bicyclic) bond motifs is 3. The van der Waals surface area contributed by atoms with Crippen LogP contribution in [0.15, 0.2) is 212 Å². The van der Waals surface area contributed by atoms with Crippen molar-refractivity contribution in [3.63, 3.8) is 0 Å². The fraction of sp³-hybridized carbons (Fsp3) is 0.0185. The Morgan fingerprint density at radius 2 is 0.860 bits per heavy atom. The molecular formula is C54H35N3. The van der Waals surface area contributed by atoms with Gasteiger partial charge < -0.3 is 0 Å². The van der Waals surface area contributed by atoms with Gasteiger partial charge in [-0.1, -0.05) is 194 Å². The van der Waals surface area contributed by atoms with Crippen molar-refractivity contribution in [1.82, 2.24) is 9.97 Å². The van der Waals surface area contributed by atoms with E-state index in [2.05, 4.69) is 181 Å². The summed E-state index contributed by atoms with van der Waals surface area (Å²) in [6.45, 7) is 8.17. The molecule has 0 fully saturated rings. The van der Waals surface area contributed by atoms with Crippen LogP contribution in [-0.2, 0) is 5.41 Å². The molecule has 0 atom stereocenters. The summed E-state index contributed by atoms with van der Waals surface area (Å²) in [5, 5.41) is 0. The monoisotopic (exact) mass is 725 g/mol. The fourth-order valence-corrected chi connectivity index (χ4v) is 8.57. The van der Waals surface area contributed by atoms with E-state index in [1.54, 1.807) is 0 Å². The maximum Gasteiger partial charge on any atom is 0.195 e. The summed E-state index contributed by atoms with van der Waals surface area (Å²) in [6, 6.07) is 74.4. The Labute approximate surface area is 333 Å². The minimum atomic E-state index is -0.607. The van der Waals surface area contributed by atoms with Gasteiger partial charge in [-0.05, 0) is 73.8 Å². The maximum absolute atomic E-state index is 8.17. The van der Waals surface area contributed by atoms with Crippen molar-refractivity contribution in [2.24, 2.45) is 0 Å². The molecule has 266 valence electrons. The summed E-state index contributed by atoms with van der Waals surface area (Å²) in [5.74, 6) is 0.682. The molecule has 8 aromatic carbocycles. The van der Waals surface area contributed by atoms with Crippen LogP contribution in [0, 0.1) is 6.57 Å². The Morgan fingerprint density at radius 3 is 1.51 bits per heavy atom. The zero-order chi connectivity index (χ0) is 38.2. The second-order valence-corrected chi connectivity index (χ2v) is 14.4. The first-order chi connectivity index (χ1) is 28.2. The molecule has 0 saturated heterocycles. The Balaban J connectivity index is 1.12. The smallest absolute Gasteiger partial charge is 0.195 e. The minimum absolute atomic E-state index is 0.607. The van der Waals surface area contributed by atoms with Crippen LogP contribution in [0.5, 0.6) is 0 Å². The van der Waals surface area contributed by atoms with Gasteiger partial charge >= 0.3 is 0 Å². The molecule has 0 amide bonds. The first-order valence-corrected chi connectivity index (χ1v) is 19.2. The molecule has 3 nitrogen and oxygen atoms in total. The van der Waals surface area contributed by atoms with Gasteiger partial charge in [0.15, 0.2) is 11.5 Å². The fourth-order valence-electron chi connectivity index (χ4n) is 8.57. The number of rotatable bonds is 7. The predicted octanol–water partition coefficient (Wildman–Crippen LogP) is 13.7. The molecule has 9 aromatic rings. The van der Waals surface area contributed by atoms with Crippen molar-refractivity contribution in [2.75, 3.05) is 0 Å². The largest absolute Gasteiger partial charge is 0.238 e. The molecule has 10 rings (SSSR count). The van der Waals surface area contributed by atoms with Gasteiger partial charge in [0.1, 0.15) is 0 Å². The van der Waals surface area contributed by atoms with Gasteiger partial charge in [-0.15, -0.1) is 0 Å². The van der Waals surface area contributed by atoms with Gasteiger partial charge in [-0.25, -0.2) is 14.8 Å². The second-order valence-electron chi connectivity index (χ2n) is 14.4. The third-order valence-corrected chi connectivity index (χ3v) is 11.2. The Hall–Kier alpha value is -7.67. The van der Waals surface area contributed by atoms with E-state index in [4.69, 9.17) is 16.5 Å². The van der Waals surface area contributed by atoms with E-state index in [1.807, 2.05) is 36.4 Å². The van der Waals surface area contributed by atoms with Crippen LogP contribution >= 0.6 is 0 Å². The summed E-state index contributed by atoms with van der Waals surface area (Å²) in [5.41, 5.74) is 16.0. The lowest BCUT2D eigenvalue weighted by Crippen LogP contribution is -2.28. The highest BCUT2D eigenvalue weighted by molar-refractivity contribution is 5.95. The van der Waals surface area contributed by atoms with Crippen LogP contribution < -0.4 is 0 Å². The van der Waals surface area contributed by atoms with Gasteiger partial charge in [0.05, 0.1) is 23.4 Å². The van der Waals surface area contributed by atoms with E-state index in [0.29, 0.717) is 11.5 Å². The third kappa shape index (κ3) is 5.84. The van der Waals surface area contributed by atoms with E-state index in [9.17, 15) is 0 Å². The molecule has 0 radical (unpaired) electrons. The van der Waals surface area contributed by atoms with Crippen LogP contribution in [0.3, 0.4) is 0 Å². The third-order valence-electron chi connectivity index (χ3n) is 11.2. The average molecular weight is 726 g/mol. The van der Waals surface area contributed by atoms with Crippen molar-refractivity contribution in [2.45, 2.75) is 5.41 Å². The highest BCUT2D eigenvalue weighted by Gasteiger charge is 2.46. The molecule has 0 unspecified atom stereocenters. The summed E-state index contributed by atoms with van der Waals surface area (Å²) >= 11 is 0. The lowest BCUT2D eigenvalue weighted by molar-refractivity contribution is 0.769. The van der Waals surface area contributed by atoms with Crippen molar-refractivity contribution in [3.8, 4) is 67.3 Å². The zero-order valence-corrected chi connectivity index (χ0v) is 31.0. The van der Waals surface area contributed by atoms with E-state index < -0.39 is 5.41 Å². The number of hydrogen-bond acceptors (Lipinski definition) is 2. The molecule has 0 saturated carbocycles. The summed E-state index contributed by atoms with van der Waals surface area (Å²) < 4.78 is 0. The van der Waals surface area contributed by atoms with Crippen molar-refractivity contribution in [3.05, 3.63) is 246 Å². The topological polar surface area (TPSA) is 30.1 Å². The normalized spacial score (nSPS) is 12.3. The average Bonchev–Trinajstić information content (AvgIpc) is 3.61. The maximum atomic E-state index is 8.17. The number of aromatic nitrogens is 2. The van der Waals surface area contributed by atoms with Crippen molar-refractivity contribution < 1.29 is 0 Å². The van der Waals surface area contributed by atoms with E-state index in [-0.39, 0.29) is 0 Å². The highest BCUT2D eigenvalue weighted by Crippen LogP contribution is 2.59.